The Balaban J connectivity index is 1.38. The van der Waals surface area contributed by atoms with Crippen LogP contribution in [-0.4, -0.2) is 40.0 Å². The lowest BCUT2D eigenvalue weighted by atomic mass is 9.84. The zero-order valence-corrected chi connectivity index (χ0v) is 17.6. The minimum atomic E-state index is -0.247. The van der Waals surface area contributed by atoms with Crippen molar-refractivity contribution in [2.45, 2.75) is 19.5 Å². The molecular weight excluding hydrogens is 414 g/mol. The zero-order valence-electron chi connectivity index (χ0n) is 16.9. The lowest BCUT2D eigenvalue weighted by molar-refractivity contribution is -0.118. The molecule has 3 aromatic rings. The lowest BCUT2D eigenvalue weighted by Crippen LogP contribution is -2.41. The van der Waals surface area contributed by atoms with Gasteiger partial charge in [0.15, 0.2) is 11.6 Å². The van der Waals surface area contributed by atoms with Gasteiger partial charge in [-0.2, -0.15) is 0 Å². The third-order valence-corrected chi connectivity index (χ3v) is 6.41. The molecule has 0 radical (unpaired) electrons. The number of hydrogen-bond donors (Lipinski definition) is 1. The predicted molar refractivity (Wildman–Crippen MR) is 118 cm³/mol. The van der Waals surface area contributed by atoms with Crippen LogP contribution < -0.4 is 5.32 Å². The fourth-order valence-corrected chi connectivity index (χ4v) is 4.64. The van der Waals surface area contributed by atoms with E-state index < -0.39 is 0 Å². The molecule has 1 amide bonds. The quantitative estimate of drug-likeness (QED) is 0.531. The summed E-state index contributed by atoms with van der Waals surface area (Å²) in [5, 5.41) is 3.05. The summed E-state index contributed by atoms with van der Waals surface area (Å²) >= 11 is 6.37. The van der Waals surface area contributed by atoms with Crippen LogP contribution in [0.2, 0.25) is 5.02 Å². The third-order valence-electron chi connectivity index (χ3n) is 6.10. The summed E-state index contributed by atoms with van der Waals surface area (Å²) in [6, 6.07) is 13.9. The number of benzene rings is 2. The van der Waals surface area contributed by atoms with Crippen molar-refractivity contribution in [3.05, 3.63) is 87.7 Å². The molecule has 2 heterocycles. The number of nitrogens with zero attached hydrogens (tertiary/aromatic N) is 2. The van der Waals surface area contributed by atoms with E-state index in [0.717, 1.165) is 13.1 Å². The van der Waals surface area contributed by atoms with Gasteiger partial charge in [0.05, 0.1) is 17.3 Å². The molecule has 1 N–H and O–H groups in total. The number of rotatable bonds is 3. The van der Waals surface area contributed by atoms with Crippen molar-refractivity contribution in [2.24, 2.45) is 0 Å². The van der Waals surface area contributed by atoms with E-state index in [1.807, 2.05) is 12.3 Å². The molecule has 0 fully saturated rings. The van der Waals surface area contributed by atoms with Gasteiger partial charge in [0.25, 0.3) is 0 Å². The Morgan fingerprint density at radius 3 is 2.39 bits per heavy atom. The van der Waals surface area contributed by atoms with Crippen molar-refractivity contribution in [3.8, 4) is 0 Å². The molecule has 31 heavy (non-hydrogen) atoms. The molecule has 0 bridgehead atoms. The molecule has 5 rings (SSSR count). The van der Waals surface area contributed by atoms with Crippen molar-refractivity contribution in [2.75, 3.05) is 18.4 Å². The molecule has 2 aliphatic rings. The minimum absolute atomic E-state index is 0.115. The average Bonchev–Trinajstić information content (AvgIpc) is 3.25. The summed E-state index contributed by atoms with van der Waals surface area (Å²) in [7, 11) is 0. The molecule has 0 saturated carbocycles. The summed E-state index contributed by atoms with van der Waals surface area (Å²) in [5.74, 6) is -0.707. The first kappa shape index (κ1) is 19.7. The SMILES string of the molecule is CC1c2cccn2CCN1CC(=O)Nc1cc2c(cc1Cl)C(=O)c1ccccc1C2=O. The first-order chi connectivity index (χ1) is 14.9. The Morgan fingerprint density at radius 2 is 1.68 bits per heavy atom. The normalized spacial score (nSPS) is 17.7. The largest absolute Gasteiger partial charge is 0.349 e. The fraction of sp³-hybridized carbons (Fsp3) is 0.208. The number of hydrogen-bond acceptors (Lipinski definition) is 4. The van der Waals surface area contributed by atoms with Crippen molar-refractivity contribution in [1.82, 2.24) is 9.47 Å². The third kappa shape index (κ3) is 3.28. The van der Waals surface area contributed by atoms with Gasteiger partial charge in [-0.1, -0.05) is 35.9 Å². The maximum absolute atomic E-state index is 12.9. The van der Waals surface area contributed by atoms with Crippen LogP contribution in [0.25, 0.3) is 0 Å². The Morgan fingerprint density at radius 1 is 1.00 bits per heavy atom. The molecule has 1 unspecified atom stereocenters. The second kappa shape index (κ2) is 7.48. The van der Waals surface area contributed by atoms with E-state index in [2.05, 4.69) is 27.8 Å². The highest BCUT2D eigenvalue weighted by Crippen LogP contribution is 2.33. The maximum Gasteiger partial charge on any atom is 0.238 e. The maximum atomic E-state index is 12.9. The van der Waals surface area contributed by atoms with E-state index in [4.69, 9.17) is 11.6 Å². The van der Waals surface area contributed by atoms with E-state index in [-0.39, 0.29) is 46.2 Å². The smallest absolute Gasteiger partial charge is 0.238 e. The number of ketones is 2. The molecule has 6 nitrogen and oxygen atoms in total. The number of halogens is 1. The molecule has 0 spiro atoms. The summed E-state index contributed by atoms with van der Waals surface area (Å²) < 4.78 is 2.19. The molecule has 1 atom stereocenters. The van der Waals surface area contributed by atoms with Crippen molar-refractivity contribution in [3.63, 3.8) is 0 Å². The van der Waals surface area contributed by atoms with E-state index in [1.165, 1.54) is 17.8 Å². The number of nitrogens with one attached hydrogen (secondary N) is 1. The highest BCUT2D eigenvalue weighted by atomic mass is 35.5. The summed E-state index contributed by atoms with van der Waals surface area (Å²) in [6.45, 7) is 3.87. The number of anilines is 1. The minimum Gasteiger partial charge on any atom is -0.349 e. The Kier molecular flexibility index (Phi) is 4.76. The van der Waals surface area contributed by atoms with Gasteiger partial charge in [0.2, 0.25) is 5.91 Å². The number of aromatic nitrogens is 1. The van der Waals surface area contributed by atoms with Gasteiger partial charge in [-0.25, -0.2) is 0 Å². The van der Waals surface area contributed by atoms with Crippen LogP contribution in [0.15, 0.2) is 54.7 Å². The van der Waals surface area contributed by atoms with Crippen LogP contribution in [-0.2, 0) is 11.3 Å². The van der Waals surface area contributed by atoms with Gasteiger partial charge in [-0.3, -0.25) is 19.3 Å². The number of carbonyl (C=O) groups is 3. The first-order valence-corrected chi connectivity index (χ1v) is 10.5. The summed E-state index contributed by atoms with van der Waals surface area (Å²) in [6.07, 6.45) is 2.05. The second-order valence-electron chi connectivity index (χ2n) is 7.90. The lowest BCUT2D eigenvalue weighted by Gasteiger charge is -2.34. The Bertz CT molecular complexity index is 1250. The van der Waals surface area contributed by atoms with Gasteiger partial charge in [0, 0.05) is 53.3 Å². The van der Waals surface area contributed by atoms with E-state index >= 15 is 0 Å². The van der Waals surface area contributed by atoms with Crippen LogP contribution in [0.1, 0.15) is 50.5 Å². The molecule has 0 saturated heterocycles. The molecule has 1 aliphatic carbocycles. The monoisotopic (exact) mass is 433 g/mol. The predicted octanol–water partition coefficient (Wildman–Crippen LogP) is 3.93. The summed E-state index contributed by atoms with van der Waals surface area (Å²) in [4.78, 5) is 40.6. The molecule has 1 aliphatic heterocycles. The number of fused-ring (bicyclic) bond motifs is 3. The molecule has 7 heteroatoms. The van der Waals surface area contributed by atoms with Crippen molar-refractivity contribution < 1.29 is 14.4 Å². The van der Waals surface area contributed by atoms with Crippen LogP contribution in [0.5, 0.6) is 0 Å². The van der Waals surface area contributed by atoms with Crippen LogP contribution in [0, 0.1) is 0 Å². The van der Waals surface area contributed by atoms with Crippen molar-refractivity contribution in [1.29, 1.82) is 0 Å². The van der Waals surface area contributed by atoms with Gasteiger partial charge >= 0.3 is 0 Å². The van der Waals surface area contributed by atoms with Gasteiger partial charge in [-0.15, -0.1) is 0 Å². The van der Waals surface area contributed by atoms with Crippen molar-refractivity contribution >= 4 is 34.8 Å². The molecule has 1 aromatic heterocycles. The standard InChI is InChI=1S/C24H20ClN3O3/c1-14-21-7-4-8-27(21)9-10-28(14)13-22(29)26-20-12-18-17(11-19(20)25)23(30)15-5-2-3-6-16(15)24(18)31/h2-8,11-12,14H,9-10,13H2,1H3,(H,26,29). The number of amides is 1. The van der Waals surface area contributed by atoms with E-state index in [0.29, 0.717) is 16.8 Å². The van der Waals surface area contributed by atoms with Gasteiger partial charge in [0.1, 0.15) is 0 Å². The van der Waals surface area contributed by atoms with Gasteiger partial charge < -0.3 is 9.88 Å². The fourth-order valence-electron chi connectivity index (χ4n) is 4.43. The Hall–Kier alpha value is -3.22. The molecule has 156 valence electrons. The van der Waals surface area contributed by atoms with E-state index in [9.17, 15) is 14.4 Å². The highest BCUT2D eigenvalue weighted by Gasteiger charge is 2.31. The van der Waals surface area contributed by atoms with Crippen LogP contribution >= 0.6 is 11.6 Å². The topological polar surface area (TPSA) is 71.4 Å². The molecule has 2 aromatic carbocycles. The highest BCUT2D eigenvalue weighted by molar-refractivity contribution is 6.36. The summed E-state index contributed by atoms with van der Waals surface area (Å²) in [5.41, 5.74) is 2.76. The van der Waals surface area contributed by atoms with Gasteiger partial charge in [-0.05, 0) is 31.2 Å². The molecular formula is C24H20ClN3O3. The Labute approximate surface area is 184 Å². The van der Waals surface area contributed by atoms with E-state index in [1.54, 1.807) is 24.3 Å². The van der Waals surface area contributed by atoms with Crippen LogP contribution in [0.4, 0.5) is 5.69 Å². The number of carbonyl (C=O) groups excluding carboxylic acids is 3. The van der Waals surface area contributed by atoms with Crippen LogP contribution in [0.3, 0.4) is 0 Å². The average molecular weight is 434 g/mol. The first-order valence-electron chi connectivity index (χ1n) is 10.1. The second-order valence-corrected chi connectivity index (χ2v) is 8.31. The zero-order chi connectivity index (χ0) is 21.7.